The van der Waals surface area contributed by atoms with E-state index in [1.165, 1.54) is 0 Å². The van der Waals surface area contributed by atoms with Gasteiger partial charge in [0.1, 0.15) is 0 Å². The maximum atomic E-state index is 11.8. The Bertz CT molecular complexity index is 892. The first kappa shape index (κ1) is 21.0. The van der Waals surface area contributed by atoms with Crippen molar-refractivity contribution in [3.63, 3.8) is 0 Å². The monoisotopic (exact) mass is 388 g/mol. The minimum atomic E-state index is -3.00. The van der Waals surface area contributed by atoms with E-state index in [9.17, 15) is 13.2 Å². The van der Waals surface area contributed by atoms with Gasteiger partial charge in [0.25, 0.3) is 5.91 Å². The molecular formula is C21H28N2O3S. The summed E-state index contributed by atoms with van der Waals surface area (Å²) in [5.74, 6) is 0.370. The summed E-state index contributed by atoms with van der Waals surface area (Å²) in [7, 11) is -3.00. The molecule has 2 aromatic rings. The van der Waals surface area contributed by atoms with Gasteiger partial charge < -0.3 is 10.2 Å². The van der Waals surface area contributed by atoms with Crippen molar-refractivity contribution in [2.75, 3.05) is 17.6 Å². The first-order chi connectivity index (χ1) is 12.9. The second-order valence-corrected chi connectivity index (χ2v) is 8.50. The molecule has 0 aliphatic carbocycles. The van der Waals surface area contributed by atoms with Crippen molar-refractivity contribution in [1.82, 2.24) is 4.90 Å². The summed E-state index contributed by atoms with van der Waals surface area (Å²) in [6.45, 7) is 9.37. The molecule has 1 amide bonds. The van der Waals surface area contributed by atoms with Crippen LogP contribution in [0.15, 0.2) is 53.4 Å². The van der Waals surface area contributed by atoms with E-state index >= 15 is 0 Å². The Morgan fingerprint density at radius 1 is 1.00 bits per heavy atom. The largest absolute Gasteiger partial charge is 0.383 e. The van der Waals surface area contributed by atoms with Gasteiger partial charge in [-0.2, -0.15) is 0 Å². The molecule has 27 heavy (non-hydrogen) atoms. The minimum absolute atomic E-state index is 0.172. The van der Waals surface area contributed by atoms with Gasteiger partial charge in [-0.25, -0.2) is 8.42 Å². The van der Waals surface area contributed by atoms with Crippen molar-refractivity contribution in [3.8, 4) is 0 Å². The highest BCUT2D eigenvalue weighted by molar-refractivity contribution is 7.91. The Kier molecular flexibility index (Phi) is 7.02. The normalized spacial score (nSPS) is 16.2. The number of benzene rings is 2. The van der Waals surface area contributed by atoms with Crippen LogP contribution in [-0.4, -0.2) is 37.6 Å². The number of fused-ring (bicyclic) bond motifs is 2. The van der Waals surface area contributed by atoms with Crippen molar-refractivity contribution in [2.45, 2.75) is 45.2 Å². The van der Waals surface area contributed by atoms with E-state index in [1.54, 1.807) is 18.2 Å². The molecule has 146 valence electrons. The van der Waals surface area contributed by atoms with Gasteiger partial charge in [0, 0.05) is 24.7 Å². The van der Waals surface area contributed by atoms with Gasteiger partial charge in [-0.05, 0) is 37.6 Å². The van der Waals surface area contributed by atoms with E-state index in [0.717, 1.165) is 23.4 Å². The van der Waals surface area contributed by atoms with Crippen LogP contribution in [0.5, 0.6) is 0 Å². The fourth-order valence-electron chi connectivity index (χ4n) is 3.01. The summed E-state index contributed by atoms with van der Waals surface area (Å²) in [5.41, 5.74) is 2.75. The van der Waals surface area contributed by atoms with Crippen LogP contribution in [0, 0.1) is 0 Å². The Labute approximate surface area is 162 Å². The Morgan fingerprint density at radius 2 is 1.63 bits per heavy atom. The van der Waals surface area contributed by atoms with E-state index in [2.05, 4.69) is 5.32 Å². The van der Waals surface area contributed by atoms with Crippen LogP contribution in [0.3, 0.4) is 0 Å². The molecule has 0 spiro atoms. The summed E-state index contributed by atoms with van der Waals surface area (Å²) < 4.78 is 22.9. The zero-order chi connectivity index (χ0) is 20.0. The van der Waals surface area contributed by atoms with Gasteiger partial charge in [-0.15, -0.1) is 0 Å². The lowest BCUT2D eigenvalue weighted by Gasteiger charge is -2.19. The average molecular weight is 389 g/mol. The van der Waals surface area contributed by atoms with Crippen molar-refractivity contribution >= 4 is 21.4 Å². The van der Waals surface area contributed by atoms with Gasteiger partial charge >= 0.3 is 0 Å². The van der Waals surface area contributed by atoms with Crippen LogP contribution in [-0.2, 0) is 16.4 Å². The molecular weight excluding hydrogens is 360 g/mol. The van der Waals surface area contributed by atoms with Crippen molar-refractivity contribution in [3.05, 3.63) is 59.7 Å². The molecule has 2 aliphatic heterocycles. The van der Waals surface area contributed by atoms with Gasteiger partial charge in [-0.3, -0.25) is 4.79 Å². The van der Waals surface area contributed by atoms with Crippen LogP contribution >= 0.6 is 0 Å². The fraction of sp³-hybridized carbons (Fsp3) is 0.381. The van der Waals surface area contributed by atoms with Crippen LogP contribution < -0.4 is 5.32 Å². The molecule has 0 saturated carbocycles. The molecule has 5 nitrogen and oxygen atoms in total. The third-order valence-corrected chi connectivity index (χ3v) is 6.15. The highest BCUT2D eigenvalue weighted by atomic mass is 32.2. The molecule has 2 aliphatic rings. The van der Waals surface area contributed by atoms with Crippen LogP contribution in [0.1, 0.15) is 43.6 Å². The first-order valence-electron chi connectivity index (χ1n) is 9.34. The minimum Gasteiger partial charge on any atom is -0.383 e. The summed E-state index contributed by atoms with van der Waals surface area (Å²) in [5, 5.41) is 3.04. The molecule has 2 aromatic carbocycles. The predicted molar refractivity (Wildman–Crippen MR) is 110 cm³/mol. The number of hydrogen-bond donors (Lipinski definition) is 1. The van der Waals surface area contributed by atoms with E-state index < -0.39 is 9.84 Å². The lowest BCUT2D eigenvalue weighted by Crippen LogP contribution is -2.30. The van der Waals surface area contributed by atoms with Gasteiger partial charge in [0.15, 0.2) is 9.84 Å². The fourth-order valence-corrected chi connectivity index (χ4v) is 4.36. The maximum Gasteiger partial charge on any atom is 0.254 e. The quantitative estimate of drug-likeness (QED) is 0.803. The number of anilines is 1. The van der Waals surface area contributed by atoms with Crippen molar-refractivity contribution in [1.29, 1.82) is 0 Å². The third-order valence-electron chi connectivity index (χ3n) is 4.38. The van der Waals surface area contributed by atoms with E-state index in [1.807, 2.05) is 62.9 Å². The van der Waals surface area contributed by atoms with Crippen LogP contribution in [0.25, 0.3) is 0 Å². The highest BCUT2D eigenvalue weighted by Crippen LogP contribution is 2.25. The Balaban J connectivity index is 0.000000178. The van der Waals surface area contributed by atoms with Crippen molar-refractivity contribution in [2.24, 2.45) is 0 Å². The maximum absolute atomic E-state index is 11.8. The molecule has 1 N–H and O–H groups in total. The molecule has 0 atom stereocenters. The van der Waals surface area contributed by atoms with Gasteiger partial charge in [0.2, 0.25) is 0 Å². The number of para-hydroxylation sites is 1. The molecule has 0 radical (unpaired) electrons. The molecule has 0 aromatic heterocycles. The smallest absolute Gasteiger partial charge is 0.254 e. The molecule has 6 heteroatoms. The number of carbonyl (C=O) groups excluding carboxylic acids is 1. The van der Waals surface area contributed by atoms with Crippen LogP contribution in [0.2, 0.25) is 0 Å². The molecule has 0 fully saturated rings. The van der Waals surface area contributed by atoms with Crippen molar-refractivity contribution < 1.29 is 13.2 Å². The summed E-state index contributed by atoms with van der Waals surface area (Å²) in [6, 6.07) is 15.1. The second kappa shape index (κ2) is 9.04. The number of rotatable bonds is 1. The highest BCUT2D eigenvalue weighted by Gasteiger charge is 2.28. The summed E-state index contributed by atoms with van der Waals surface area (Å²) in [4.78, 5) is 14.1. The molecule has 4 rings (SSSR count). The summed E-state index contributed by atoms with van der Waals surface area (Å²) in [6.07, 6.45) is 0. The predicted octanol–water partition coefficient (Wildman–Crippen LogP) is 3.96. The molecule has 0 bridgehead atoms. The van der Waals surface area contributed by atoms with E-state index in [0.29, 0.717) is 17.5 Å². The Hall–Kier alpha value is -2.34. The lowest BCUT2D eigenvalue weighted by atomic mass is 10.1. The third kappa shape index (κ3) is 4.69. The second-order valence-electron chi connectivity index (χ2n) is 6.43. The number of nitrogens with zero attached hydrogens (tertiary/aromatic N) is 1. The zero-order valence-electron chi connectivity index (χ0n) is 16.4. The number of sulfone groups is 1. The topological polar surface area (TPSA) is 66.5 Å². The number of nitrogens with one attached hydrogen (secondary N) is 1. The lowest BCUT2D eigenvalue weighted by molar-refractivity contribution is 0.0730. The number of carbonyl (C=O) groups is 1. The Morgan fingerprint density at radius 3 is 2.26 bits per heavy atom. The van der Waals surface area contributed by atoms with Crippen LogP contribution in [0.4, 0.5) is 5.69 Å². The molecule has 0 unspecified atom stereocenters. The van der Waals surface area contributed by atoms with Gasteiger partial charge in [-0.1, -0.05) is 44.2 Å². The molecule has 2 heterocycles. The first-order valence-corrected chi connectivity index (χ1v) is 11.0. The average Bonchev–Trinajstić information content (AvgIpc) is 3.01. The zero-order valence-corrected chi connectivity index (χ0v) is 17.2. The SMILES string of the molecule is CC.CC(C)N1Cc2ccccc2C1=O.O=S1(=O)CCNc2ccccc21. The summed E-state index contributed by atoms with van der Waals surface area (Å²) >= 11 is 0. The standard InChI is InChI=1S/C11H13NO.C8H9NO2S.C2H6/c1-8(2)12-7-9-5-3-4-6-10(9)11(12)13;10-12(11)6-5-9-7-3-1-2-4-8(7)12;1-2/h3-6,8H,7H2,1-2H3;1-4,9H,5-6H2;1-2H3. The van der Waals surface area contributed by atoms with E-state index in [-0.39, 0.29) is 11.7 Å². The van der Waals surface area contributed by atoms with E-state index in [4.69, 9.17) is 0 Å². The number of amides is 1. The molecule has 0 saturated heterocycles. The number of hydrogen-bond acceptors (Lipinski definition) is 4. The van der Waals surface area contributed by atoms with Gasteiger partial charge in [0.05, 0.1) is 16.3 Å².